The van der Waals surface area contributed by atoms with Crippen LogP contribution in [0.1, 0.15) is 33.0 Å². The minimum Gasteiger partial charge on any atom is -0.439 e. The van der Waals surface area contributed by atoms with Crippen LogP contribution in [0.25, 0.3) is 0 Å². The van der Waals surface area contributed by atoms with Crippen molar-refractivity contribution in [1.82, 2.24) is 19.6 Å². The van der Waals surface area contributed by atoms with Crippen molar-refractivity contribution in [3.05, 3.63) is 5.82 Å². The number of carbonyl (C=O) groups excluding carboxylic acids is 2. The fraction of sp³-hybridized carbons (Fsp3) is 0.692. The highest BCUT2D eigenvalue weighted by molar-refractivity contribution is 7.09. The molecule has 2 saturated heterocycles. The van der Waals surface area contributed by atoms with Crippen molar-refractivity contribution in [3.63, 3.8) is 0 Å². The van der Waals surface area contributed by atoms with Gasteiger partial charge in [-0.3, -0.25) is 5.32 Å². The third-order valence-electron chi connectivity index (χ3n) is 3.72. The van der Waals surface area contributed by atoms with Gasteiger partial charge in [-0.1, -0.05) is 20.8 Å². The maximum Gasteiger partial charge on any atom is 0.407 e. The second-order valence-electron chi connectivity index (χ2n) is 6.71. The molecule has 0 aliphatic carbocycles. The first-order valence-corrected chi connectivity index (χ1v) is 7.92. The van der Waals surface area contributed by atoms with E-state index in [9.17, 15) is 9.59 Å². The molecular weight excluding hydrogens is 306 g/mol. The Morgan fingerprint density at radius 3 is 2.77 bits per heavy atom. The summed E-state index contributed by atoms with van der Waals surface area (Å²) in [6.45, 7) is 7.47. The van der Waals surface area contributed by atoms with Crippen molar-refractivity contribution in [1.29, 1.82) is 0 Å². The first-order chi connectivity index (χ1) is 10.3. The number of amides is 3. The lowest BCUT2D eigenvalue weighted by molar-refractivity contribution is -0.0975. The molecule has 8 nitrogen and oxygen atoms in total. The second-order valence-corrected chi connectivity index (χ2v) is 7.46. The third kappa shape index (κ3) is 2.85. The molecule has 0 unspecified atom stereocenters. The van der Waals surface area contributed by atoms with E-state index >= 15 is 0 Å². The van der Waals surface area contributed by atoms with Gasteiger partial charge in [-0.15, -0.1) is 0 Å². The molecule has 9 heteroatoms. The zero-order valence-electron chi connectivity index (χ0n) is 12.8. The van der Waals surface area contributed by atoms with E-state index in [1.165, 1.54) is 11.5 Å². The summed E-state index contributed by atoms with van der Waals surface area (Å²) in [6.07, 6.45) is 0.306. The average molecular weight is 325 g/mol. The van der Waals surface area contributed by atoms with Gasteiger partial charge in [0, 0.05) is 29.9 Å². The molecule has 0 radical (unpaired) electrons. The first-order valence-electron chi connectivity index (χ1n) is 7.14. The molecule has 22 heavy (non-hydrogen) atoms. The molecule has 3 amide bonds. The monoisotopic (exact) mass is 325 g/mol. The Labute approximate surface area is 132 Å². The molecule has 2 N–H and O–H groups in total. The molecule has 3 heterocycles. The van der Waals surface area contributed by atoms with Crippen LogP contribution in [0.15, 0.2) is 0 Å². The number of nitrogens with one attached hydrogen (secondary N) is 2. The molecule has 120 valence electrons. The number of anilines is 1. The predicted octanol–water partition coefficient (Wildman–Crippen LogP) is 1.55. The number of aromatic nitrogens is 2. The van der Waals surface area contributed by atoms with Gasteiger partial charge in [0.15, 0.2) is 5.60 Å². The summed E-state index contributed by atoms with van der Waals surface area (Å²) < 4.78 is 9.55. The van der Waals surface area contributed by atoms with Crippen LogP contribution in [-0.4, -0.2) is 51.6 Å². The standard InChI is InChI=1S/C13H19N5O3S/c1-12(2,3)8-15-9(22-17-8)16-10(19)18-6-13(7-18)4-5-14-11(20)21-13/h4-7H2,1-3H3,(H,14,20)(H,15,16,17,19). The van der Waals surface area contributed by atoms with Gasteiger partial charge in [-0.25, -0.2) is 14.6 Å². The second kappa shape index (κ2) is 5.08. The van der Waals surface area contributed by atoms with Crippen molar-refractivity contribution in [2.45, 2.75) is 38.2 Å². The summed E-state index contributed by atoms with van der Waals surface area (Å²) in [5.74, 6) is 0.708. The molecule has 0 atom stereocenters. The highest BCUT2D eigenvalue weighted by Gasteiger charge is 2.50. The van der Waals surface area contributed by atoms with E-state index in [0.29, 0.717) is 30.6 Å². The molecule has 1 aromatic heterocycles. The first kappa shape index (κ1) is 15.0. The van der Waals surface area contributed by atoms with E-state index in [0.717, 1.165) is 6.42 Å². The number of carbonyl (C=O) groups is 2. The van der Waals surface area contributed by atoms with Gasteiger partial charge in [-0.05, 0) is 0 Å². The lowest BCUT2D eigenvalue weighted by Crippen LogP contribution is -2.69. The summed E-state index contributed by atoms with van der Waals surface area (Å²) in [7, 11) is 0. The van der Waals surface area contributed by atoms with Crippen LogP contribution in [0.4, 0.5) is 14.7 Å². The van der Waals surface area contributed by atoms with Gasteiger partial charge in [-0.2, -0.15) is 4.37 Å². The molecule has 0 saturated carbocycles. The van der Waals surface area contributed by atoms with Gasteiger partial charge >= 0.3 is 12.1 Å². The summed E-state index contributed by atoms with van der Waals surface area (Å²) in [6, 6.07) is -0.239. The van der Waals surface area contributed by atoms with Crippen LogP contribution in [0.5, 0.6) is 0 Å². The number of ether oxygens (including phenoxy) is 1. The summed E-state index contributed by atoms with van der Waals surface area (Å²) in [5, 5.41) is 5.84. The predicted molar refractivity (Wildman–Crippen MR) is 81.0 cm³/mol. The van der Waals surface area contributed by atoms with E-state index in [4.69, 9.17) is 4.74 Å². The van der Waals surface area contributed by atoms with Crippen molar-refractivity contribution >= 4 is 28.8 Å². The van der Waals surface area contributed by atoms with E-state index in [2.05, 4.69) is 20.0 Å². The van der Waals surface area contributed by atoms with Gasteiger partial charge in [0.05, 0.1) is 13.1 Å². The summed E-state index contributed by atoms with van der Waals surface area (Å²) in [4.78, 5) is 29.4. The van der Waals surface area contributed by atoms with Crippen LogP contribution in [0.2, 0.25) is 0 Å². The largest absolute Gasteiger partial charge is 0.439 e. The molecule has 2 aliphatic rings. The Morgan fingerprint density at radius 1 is 1.45 bits per heavy atom. The molecule has 1 spiro atoms. The van der Waals surface area contributed by atoms with Gasteiger partial charge in [0.25, 0.3) is 0 Å². The van der Waals surface area contributed by atoms with E-state index < -0.39 is 11.7 Å². The number of nitrogens with zero attached hydrogens (tertiary/aromatic N) is 3. The lowest BCUT2D eigenvalue weighted by atomic mass is 9.89. The van der Waals surface area contributed by atoms with Crippen molar-refractivity contribution < 1.29 is 14.3 Å². The molecular formula is C13H19N5O3S. The van der Waals surface area contributed by atoms with Gasteiger partial charge in [0.2, 0.25) is 5.13 Å². The topological polar surface area (TPSA) is 96.5 Å². The fourth-order valence-corrected chi connectivity index (χ4v) is 3.19. The Morgan fingerprint density at radius 2 is 2.18 bits per heavy atom. The summed E-state index contributed by atoms with van der Waals surface area (Å²) in [5.41, 5.74) is -0.666. The van der Waals surface area contributed by atoms with Crippen LogP contribution in [0, 0.1) is 0 Å². The minimum absolute atomic E-state index is 0.149. The fourth-order valence-electron chi connectivity index (χ4n) is 2.44. The molecule has 0 bridgehead atoms. The number of rotatable bonds is 1. The van der Waals surface area contributed by atoms with Crippen LogP contribution >= 0.6 is 11.5 Å². The van der Waals surface area contributed by atoms with Crippen LogP contribution in [0.3, 0.4) is 0 Å². The Hall–Kier alpha value is -1.90. The number of urea groups is 1. The lowest BCUT2D eigenvalue weighted by Gasteiger charge is -2.50. The number of alkyl carbamates (subject to hydrolysis) is 1. The van der Waals surface area contributed by atoms with Gasteiger partial charge < -0.3 is 15.0 Å². The third-order valence-corrected chi connectivity index (χ3v) is 4.35. The summed E-state index contributed by atoms with van der Waals surface area (Å²) >= 11 is 1.17. The van der Waals surface area contributed by atoms with Crippen molar-refractivity contribution in [3.8, 4) is 0 Å². The number of likely N-dealkylation sites (tertiary alicyclic amines) is 1. The zero-order valence-corrected chi connectivity index (χ0v) is 13.6. The quantitative estimate of drug-likeness (QED) is 0.816. The Kier molecular flexibility index (Phi) is 3.47. The van der Waals surface area contributed by atoms with Crippen molar-refractivity contribution in [2.24, 2.45) is 0 Å². The Bertz CT molecular complexity index is 603. The highest BCUT2D eigenvalue weighted by Crippen LogP contribution is 2.31. The number of hydrogen-bond donors (Lipinski definition) is 2. The van der Waals surface area contributed by atoms with E-state index in [1.54, 1.807) is 4.90 Å². The zero-order chi connectivity index (χ0) is 16.0. The van der Waals surface area contributed by atoms with Gasteiger partial charge in [0.1, 0.15) is 5.82 Å². The molecule has 2 aliphatic heterocycles. The number of hydrogen-bond acceptors (Lipinski definition) is 6. The molecule has 0 aromatic carbocycles. The van der Waals surface area contributed by atoms with Crippen LogP contribution < -0.4 is 10.6 Å². The van der Waals surface area contributed by atoms with E-state index in [-0.39, 0.29) is 11.4 Å². The van der Waals surface area contributed by atoms with E-state index in [1.807, 2.05) is 20.8 Å². The average Bonchev–Trinajstić information content (AvgIpc) is 2.84. The minimum atomic E-state index is -0.516. The SMILES string of the molecule is CC(C)(C)c1nsc(NC(=O)N2CC3(CCNC(=O)O3)C2)n1. The Balaban J connectivity index is 1.56. The normalized spacial score (nSPS) is 20.1. The van der Waals surface area contributed by atoms with Crippen LogP contribution in [-0.2, 0) is 10.2 Å². The molecule has 3 rings (SSSR count). The molecule has 1 aromatic rings. The molecule has 2 fully saturated rings. The van der Waals surface area contributed by atoms with Crippen molar-refractivity contribution in [2.75, 3.05) is 25.0 Å². The highest BCUT2D eigenvalue weighted by atomic mass is 32.1. The maximum atomic E-state index is 12.2. The smallest absolute Gasteiger partial charge is 0.407 e. The maximum absolute atomic E-state index is 12.2.